The molecule has 0 saturated heterocycles. The smallest absolute Gasteiger partial charge is 0.139 e. The maximum Gasteiger partial charge on any atom is 0.139 e. The Morgan fingerprint density at radius 2 is 1.52 bits per heavy atom. The number of nitrogen functional groups attached to an aromatic ring is 1. The first-order valence-electron chi connectivity index (χ1n) is 7.60. The van der Waals surface area contributed by atoms with Crippen LogP contribution in [-0.2, 0) is 0 Å². The van der Waals surface area contributed by atoms with Gasteiger partial charge in [-0.05, 0) is 52.9 Å². The Balaban J connectivity index is 2.11. The number of anilines is 2. The van der Waals surface area contributed by atoms with Gasteiger partial charge in [-0.25, -0.2) is 10.5 Å². The maximum absolute atomic E-state index is 7.35. The fourth-order valence-corrected chi connectivity index (χ4v) is 2.97. The second kappa shape index (κ2) is 7.89. The van der Waals surface area contributed by atoms with Crippen molar-refractivity contribution in [2.75, 3.05) is 11.1 Å². The van der Waals surface area contributed by atoms with Crippen molar-refractivity contribution >= 4 is 51.2 Å². The van der Waals surface area contributed by atoms with E-state index in [0.717, 1.165) is 9.13 Å². The van der Waals surface area contributed by atoms with Gasteiger partial charge in [-0.3, -0.25) is 0 Å². The highest BCUT2D eigenvalue weighted by molar-refractivity contribution is 14.1. The molecule has 5 nitrogen and oxygen atoms in total. The summed E-state index contributed by atoms with van der Waals surface area (Å²) in [6.07, 6.45) is 0. The molecular weight excluding hydrogens is 425 g/mol. The van der Waals surface area contributed by atoms with Crippen LogP contribution in [0, 0.1) is 9.10 Å². The molecule has 0 aliphatic heterocycles. The van der Waals surface area contributed by atoms with Gasteiger partial charge in [-0.1, -0.05) is 42.5 Å². The van der Waals surface area contributed by atoms with Gasteiger partial charge in [0.2, 0.25) is 0 Å². The van der Waals surface area contributed by atoms with Gasteiger partial charge in [-0.2, -0.15) is 5.11 Å². The highest BCUT2D eigenvalue weighted by Gasteiger charge is 2.11. The molecule has 3 rings (SSSR count). The van der Waals surface area contributed by atoms with Gasteiger partial charge in [0.15, 0.2) is 0 Å². The first-order chi connectivity index (χ1) is 12.2. The summed E-state index contributed by atoms with van der Waals surface area (Å²) in [6, 6.07) is 22.8. The summed E-state index contributed by atoms with van der Waals surface area (Å²) in [5.74, 6) is 0.652. The van der Waals surface area contributed by atoms with Gasteiger partial charge in [0, 0.05) is 9.13 Å². The molecule has 3 aromatic rings. The molecule has 6 heteroatoms. The molecule has 0 aromatic heterocycles. The van der Waals surface area contributed by atoms with E-state index in [-0.39, 0.29) is 0 Å². The SMILES string of the molecule is N=Nc1ccccc1N/C(=N/c1ccccc1N)c1ccccc1I. The predicted molar refractivity (Wildman–Crippen MR) is 111 cm³/mol. The van der Waals surface area contributed by atoms with Gasteiger partial charge in [-0.15, -0.1) is 0 Å². The molecule has 25 heavy (non-hydrogen) atoms. The molecular formula is C19H16IN5. The Morgan fingerprint density at radius 3 is 2.24 bits per heavy atom. The predicted octanol–water partition coefficient (Wildman–Crippen LogP) is 5.73. The molecule has 0 fully saturated rings. The fraction of sp³-hybridized carbons (Fsp3) is 0. The van der Waals surface area contributed by atoms with Crippen molar-refractivity contribution in [2.24, 2.45) is 10.1 Å². The zero-order valence-corrected chi connectivity index (χ0v) is 15.4. The number of nitrogens with two attached hydrogens (primary N) is 1. The third kappa shape index (κ3) is 4.03. The first kappa shape index (κ1) is 17.1. The van der Waals surface area contributed by atoms with Crippen molar-refractivity contribution < 1.29 is 0 Å². The van der Waals surface area contributed by atoms with Gasteiger partial charge >= 0.3 is 0 Å². The molecule has 0 atom stereocenters. The molecule has 0 aliphatic carbocycles. The Kier molecular flexibility index (Phi) is 5.39. The van der Waals surface area contributed by atoms with Gasteiger partial charge in [0.25, 0.3) is 0 Å². The average Bonchev–Trinajstić information content (AvgIpc) is 2.64. The Labute approximate surface area is 159 Å². The summed E-state index contributed by atoms with van der Waals surface area (Å²) >= 11 is 2.28. The summed E-state index contributed by atoms with van der Waals surface area (Å²) in [5, 5.41) is 6.88. The van der Waals surface area contributed by atoms with Gasteiger partial charge in [0.05, 0.1) is 17.1 Å². The Bertz CT molecular complexity index is 936. The van der Waals surface area contributed by atoms with E-state index in [9.17, 15) is 0 Å². The average molecular weight is 441 g/mol. The van der Waals surface area contributed by atoms with Crippen LogP contribution in [0.3, 0.4) is 0 Å². The molecule has 3 aromatic carbocycles. The Hall–Kier alpha value is -2.74. The van der Waals surface area contributed by atoms with Crippen LogP contribution >= 0.6 is 22.6 Å². The molecule has 0 aliphatic rings. The van der Waals surface area contributed by atoms with Crippen LogP contribution in [0.1, 0.15) is 5.56 Å². The third-order valence-corrected chi connectivity index (χ3v) is 4.52. The van der Waals surface area contributed by atoms with Crippen molar-refractivity contribution in [1.29, 1.82) is 5.53 Å². The highest BCUT2D eigenvalue weighted by atomic mass is 127. The fourth-order valence-electron chi connectivity index (χ4n) is 2.32. The van der Waals surface area contributed by atoms with E-state index < -0.39 is 0 Å². The minimum absolute atomic E-state index is 0.544. The standard InChI is InChI=1S/C19H16IN5/c20-14-8-2-1-7-13(14)19(23-16-10-4-3-9-15(16)21)24-17-11-5-6-12-18(17)25-22/h1-12,22H,21H2,(H,23,24). The number of amidine groups is 1. The quantitative estimate of drug-likeness (QED) is 0.159. The zero-order chi connectivity index (χ0) is 17.6. The van der Waals surface area contributed by atoms with Crippen LogP contribution in [-0.4, -0.2) is 5.84 Å². The molecule has 0 saturated carbocycles. The van der Waals surface area contributed by atoms with Gasteiger partial charge < -0.3 is 11.1 Å². The van der Waals surface area contributed by atoms with E-state index in [0.29, 0.717) is 28.6 Å². The molecule has 0 radical (unpaired) electrons. The van der Waals surface area contributed by atoms with Crippen LogP contribution in [0.4, 0.5) is 22.7 Å². The lowest BCUT2D eigenvalue weighted by molar-refractivity contribution is 1.15. The molecule has 4 N–H and O–H groups in total. The lowest BCUT2D eigenvalue weighted by Gasteiger charge is -2.14. The normalized spacial score (nSPS) is 11.2. The van der Waals surface area contributed by atoms with E-state index in [1.165, 1.54) is 0 Å². The van der Waals surface area contributed by atoms with Crippen LogP contribution < -0.4 is 11.1 Å². The maximum atomic E-state index is 7.35. The number of rotatable bonds is 4. The third-order valence-electron chi connectivity index (χ3n) is 3.58. The molecule has 0 bridgehead atoms. The summed E-state index contributed by atoms with van der Waals surface area (Å²) in [5.41, 5.74) is 16.9. The van der Waals surface area contributed by atoms with Crippen LogP contribution in [0.5, 0.6) is 0 Å². The summed E-state index contributed by atoms with van der Waals surface area (Å²) in [6.45, 7) is 0. The first-order valence-corrected chi connectivity index (χ1v) is 8.68. The highest BCUT2D eigenvalue weighted by Crippen LogP contribution is 2.27. The number of hydrogen-bond donors (Lipinski definition) is 3. The second-order valence-electron chi connectivity index (χ2n) is 5.25. The van der Waals surface area contributed by atoms with Crippen LogP contribution in [0.2, 0.25) is 0 Å². The molecule has 0 spiro atoms. The number of benzene rings is 3. The summed E-state index contributed by atoms with van der Waals surface area (Å²) in [7, 11) is 0. The van der Waals surface area contributed by atoms with E-state index >= 15 is 0 Å². The number of aliphatic imine (C=N–C) groups is 1. The van der Waals surface area contributed by atoms with E-state index in [1.54, 1.807) is 6.07 Å². The largest absolute Gasteiger partial charge is 0.397 e. The topological polar surface area (TPSA) is 86.6 Å². The summed E-state index contributed by atoms with van der Waals surface area (Å²) in [4.78, 5) is 4.73. The molecule has 0 amide bonds. The molecule has 0 unspecified atom stereocenters. The van der Waals surface area contributed by atoms with E-state index in [4.69, 9.17) is 16.3 Å². The zero-order valence-electron chi connectivity index (χ0n) is 13.3. The van der Waals surface area contributed by atoms with Gasteiger partial charge in [0.1, 0.15) is 11.5 Å². The lowest BCUT2D eigenvalue weighted by Crippen LogP contribution is -2.15. The lowest BCUT2D eigenvalue weighted by atomic mass is 10.2. The van der Waals surface area contributed by atoms with Crippen molar-refractivity contribution in [1.82, 2.24) is 0 Å². The van der Waals surface area contributed by atoms with Crippen LogP contribution in [0.15, 0.2) is 82.9 Å². The van der Waals surface area contributed by atoms with Crippen molar-refractivity contribution in [2.45, 2.75) is 0 Å². The number of hydrogen-bond acceptors (Lipinski definition) is 4. The number of nitrogens with one attached hydrogen (secondary N) is 2. The monoisotopic (exact) mass is 441 g/mol. The van der Waals surface area contributed by atoms with E-state index in [1.807, 2.05) is 66.7 Å². The van der Waals surface area contributed by atoms with Crippen molar-refractivity contribution in [3.05, 3.63) is 81.9 Å². The minimum Gasteiger partial charge on any atom is -0.397 e. The van der Waals surface area contributed by atoms with E-state index in [2.05, 4.69) is 33.0 Å². The number of para-hydroxylation sites is 4. The molecule has 124 valence electrons. The summed E-state index contributed by atoms with van der Waals surface area (Å²) < 4.78 is 1.06. The Morgan fingerprint density at radius 1 is 0.880 bits per heavy atom. The van der Waals surface area contributed by atoms with Crippen molar-refractivity contribution in [3.8, 4) is 0 Å². The minimum atomic E-state index is 0.544. The second-order valence-corrected chi connectivity index (χ2v) is 6.42. The van der Waals surface area contributed by atoms with Crippen molar-refractivity contribution in [3.63, 3.8) is 0 Å². The van der Waals surface area contributed by atoms with Crippen LogP contribution in [0.25, 0.3) is 0 Å². The number of halogens is 1. The number of nitrogens with zero attached hydrogens (tertiary/aromatic N) is 2. The molecule has 0 heterocycles.